The molecule has 128 valence electrons. The lowest BCUT2D eigenvalue weighted by atomic mass is 10.3. The summed E-state index contributed by atoms with van der Waals surface area (Å²) in [4.78, 5) is 26.8. The van der Waals surface area contributed by atoms with Crippen molar-refractivity contribution in [2.45, 2.75) is 4.34 Å². The van der Waals surface area contributed by atoms with Gasteiger partial charge in [0.2, 0.25) is 5.91 Å². The molecule has 1 N–H and O–H groups in total. The van der Waals surface area contributed by atoms with E-state index in [9.17, 15) is 14.9 Å². The molecule has 1 heterocycles. The van der Waals surface area contributed by atoms with Crippen LogP contribution in [-0.4, -0.2) is 21.6 Å². The van der Waals surface area contributed by atoms with Gasteiger partial charge < -0.3 is 5.32 Å². The SMILES string of the molecule is O=C(CSc1nc2cc(Cl)ccc2s1)Nc1ccc([N+](=O)[O-])cc1Br. The lowest BCUT2D eigenvalue weighted by molar-refractivity contribution is -0.384. The molecule has 0 bridgehead atoms. The van der Waals surface area contributed by atoms with E-state index in [-0.39, 0.29) is 17.3 Å². The topological polar surface area (TPSA) is 85.1 Å². The quantitative estimate of drug-likeness (QED) is 0.316. The second kappa shape index (κ2) is 7.69. The molecule has 3 rings (SSSR count). The largest absolute Gasteiger partial charge is 0.324 e. The van der Waals surface area contributed by atoms with Gasteiger partial charge in [0.05, 0.1) is 26.6 Å². The molecule has 25 heavy (non-hydrogen) atoms. The lowest BCUT2D eigenvalue weighted by Gasteiger charge is -2.06. The monoisotopic (exact) mass is 457 g/mol. The Balaban J connectivity index is 1.63. The summed E-state index contributed by atoms with van der Waals surface area (Å²) < 4.78 is 2.23. The predicted octanol–water partition coefficient (Wildman–Crippen LogP) is 5.35. The number of hydrogen-bond donors (Lipinski definition) is 1. The number of non-ortho nitro benzene ring substituents is 1. The molecular weight excluding hydrogens is 450 g/mol. The van der Waals surface area contributed by atoms with Crippen LogP contribution >= 0.6 is 50.6 Å². The van der Waals surface area contributed by atoms with Gasteiger partial charge in [-0.15, -0.1) is 11.3 Å². The molecule has 0 fully saturated rings. The minimum atomic E-state index is -0.494. The summed E-state index contributed by atoms with van der Waals surface area (Å²) in [7, 11) is 0. The summed E-state index contributed by atoms with van der Waals surface area (Å²) >= 11 is 12.0. The molecule has 2 aromatic carbocycles. The molecular formula is C15H9BrClN3O3S2. The number of benzene rings is 2. The molecule has 6 nitrogen and oxygen atoms in total. The molecule has 0 spiro atoms. The van der Waals surface area contributed by atoms with Gasteiger partial charge >= 0.3 is 0 Å². The first-order chi connectivity index (χ1) is 11.9. The molecule has 3 aromatic rings. The highest BCUT2D eigenvalue weighted by molar-refractivity contribution is 9.10. The van der Waals surface area contributed by atoms with E-state index in [1.54, 1.807) is 12.1 Å². The molecule has 1 aromatic heterocycles. The van der Waals surface area contributed by atoms with Crippen LogP contribution in [-0.2, 0) is 4.79 Å². The van der Waals surface area contributed by atoms with E-state index in [1.807, 2.05) is 6.07 Å². The Morgan fingerprint density at radius 2 is 2.16 bits per heavy atom. The van der Waals surface area contributed by atoms with Crippen molar-refractivity contribution < 1.29 is 9.72 Å². The first-order valence-electron chi connectivity index (χ1n) is 6.85. The molecule has 0 aliphatic heterocycles. The number of amides is 1. The Kier molecular flexibility index (Phi) is 5.57. The van der Waals surface area contributed by atoms with Gasteiger partial charge in [0, 0.05) is 21.6 Å². The Morgan fingerprint density at radius 3 is 2.88 bits per heavy atom. The number of anilines is 1. The summed E-state index contributed by atoms with van der Waals surface area (Å²) in [6.45, 7) is 0. The number of nitrogens with zero attached hydrogens (tertiary/aromatic N) is 2. The fraction of sp³-hybridized carbons (Fsp3) is 0.0667. The highest BCUT2D eigenvalue weighted by Gasteiger charge is 2.12. The second-order valence-electron chi connectivity index (χ2n) is 4.85. The normalized spacial score (nSPS) is 10.8. The number of carbonyl (C=O) groups is 1. The zero-order valence-electron chi connectivity index (χ0n) is 12.4. The number of nitro benzene ring substituents is 1. The Bertz CT molecular complexity index is 980. The van der Waals surface area contributed by atoms with Crippen molar-refractivity contribution in [3.63, 3.8) is 0 Å². The van der Waals surface area contributed by atoms with Crippen molar-refractivity contribution >= 4 is 78.1 Å². The summed E-state index contributed by atoms with van der Waals surface area (Å²) in [6, 6.07) is 9.66. The first-order valence-corrected chi connectivity index (χ1v) is 9.82. The number of carbonyl (C=O) groups excluding carboxylic acids is 1. The van der Waals surface area contributed by atoms with Crippen LogP contribution in [0, 0.1) is 10.1 Å². The van der Waals surface area contributed by atoms with Gasteiger partial charge in [-0.1, -0.05) is 23.4 Å². The number of nitrogens with one attached hydrogen (secondary N) is 1. The van der Waals surface area contributed by atoms with Gasteiger partial charge in [0.1, 0.15) is 0 Å². The highest BCUT2D eigenvalue weighted by Crippen LogP contribution is 2.31. The number of halogens is 2. The molecule has 0 aliphatic carbocycles. The number of thiazole rings is 1. The molecule has 0 saturated carbocycles. The van der Waals surface area contributed by atoms with Gasteiger partial charge in [-0.25, -0.2) is 4.98 Å². The maximum absolute atomic E-state index is 12.1. The number of rotatable bonds is 5. The summed E-state index contributed by atoms with van der Waals surface area (Å²) in [5.74, 6) is -0.0476. The highest BCUT2D eigenvalue weighted by atomic mass is 79.9. The van der Waals surface area contributed by atoms with E-state index in [4.69, 9.17) is 11.6 Å². The average molecular weight is 459 g/mol. The Labute approximate surface area is 163 Å². The zero-order chi connectivity index (χ0) is 18.0. The van der Waals surface area contributed by atoms with E-state index in [2.05, 4.69) is 26.2 Å². The number of fused-ring (bicyclic) bond motifs is 1. The Morgan fingerprint density at radius 1 is 1.36 bits per heavy atom. The lowest BCUT2D eigenvalue weighted by Crippen LogP contribution is -2.14. The molecule has 0 unspecified atom stereocenters. The van der Waals surface area contributed by atoms with Crippen LogP contribution in [0.3, 0.4) is 0 Å². The van der Waals surface area contributed by atoms with E-state index in [0.29, 0.717) is 15.2 Å². The van der Waals surface area contributed by atoms with Crippen LogP contribution in [0.4, 0.5) is 11.4 Å². The van der Waals surface area contributed by atoms with Crippen LogP contribution in [0.25, 0.3) is 10.2 Å². The fourth-order valence-electron chi connectivity index (χ4n) is 1.97. The van der Waals surface area contributed by atoms with Gasteiger partial charge in [-0.3, -0.25) is 14.9 Å². The van der Waals surface area contributed by atoms with Crippen LogP contribution in [0.1, 0.15) is 0 Å². The van der Waals surface area contributed by atoms with E-state index in [0.717, 1.165) is 14.6 Å². The Hall–Kier alpha value is -1.68. The maximum Gasteiger partial charge on any atom is 0.270 e. The van der Waals surface area contributed by atoms with Crippen molar-refractivity contribution in [3.05, 3.63) is 56.0 Å². The van der Waals surface area contributed by atoms with Crippen molar-refractivity contribution in [1.29, 1.82) is 0 Å². The van der Waals surface area contributed by atoms with Crippen molar-refractivity contribution in [1.82, 2.24) is 4.98 Å². The number of aromatic nitrogens is 1. The summed E-state index contributed by atoms with van der Waals surface area (Å²) in [6.07, 6.45) is 0. The van der Waals surface area contributed by atoms with Crippen molar-refractivity contribution in [2.75, 3.05) is 11.1 Å². The molecule has 0 saturated heterocycles. The fourth-order valence-corrected chi connectivity index (χ4v) is 4.45. The number of nitro groups is 1. The van der Waals surface area contributed by atoms with Crippen LogP contribution in [0.2, 0.25) is 5.02 Å². The van der Waals surface area contributed by atoms with Crippen molar-refractivity contribution in [3.8, 4) is 0 Å². The zero-order valence-corrected chi connectivity index (χ0v) is 16.3. The molecule has 0 atom stereocenters. The van der Waals surface area contributed by atoms with E-state index < -0.39 is 4.92 Å². The minimum Gasteiger partial charge on any atom is -0.324 e. The first kappa shape index (κ1) is 18.1. The van der Waals surface area contributed by atoms with E-state index >= 15 is 0 Å². The molecule has 1 amide bonds. The van der Waals surface area contributed by atoms with Gasteiger partial charge in [-0.2, -0.15) is 0 Å². The number of hydrogen-bond acceptors (Lipinski definition) is 6. The van der Waals surface area contributed by atoms with Crippen molar-refractivity contribution in [2.24, 2.45) is 0 Å². The smallest absolute Gasteiger partial charge is 0.270 e. The second-order valence-corrected chi connectivity index (χ2v) is 8.39. The summed E-state index contributed by atoms with van der Waals surface area (Å²) in [5, 5.41) is 14.1. The van der Waals surface area contributed by atoms with Crippen LogP contribution in [0.5, 0.6) is 0 Å². The van der Waals surface area contributed by atoms with Gasteiger partial charge in [0.15, 0.2) is 4.34 Å². The molecule has 0 radical (unpaired) electrons. The minimum absolute atomic E-state index is 0.0487. The van der Waals surface area contributed by atoms with Crippen LogP contribution in [0.15, 0.2) is 45.2 Å². The third-order valence-corrected chi connectivity index (χ3v) is 6.16. The third kappa shape index (κ3) is 4.49. The predicted molar refractivity (Wildman–Crippen MR) is 105 cm³/mol. The third-order valence-electron chi connectivity index (χ3n) is 3.09. The molecule has 0 aliphatic rings. The average Bonchev–Trinajstić information content (AvgIpc) is 2.96. The van der Waals surface area contributed by atoms with Crippen LogP contribution < -0.4 is 5.32 Å². The summed E-state index contributed by atoms with van der Waals surface area (Å²) in [5.41, 5.74) is 1.23. The van der Waals surface area contributed by atoms with Gasteiger partial charge in [-0.05, 0) is 40.2 Å². The van der Waals surface area contributed by atoms with Gasteiger partial charge in [0.25, 0.3) is 5.69 Å². The molecule has 10 heteroatoms. The number of thioether (sulfide) groups is 1. The van der Waals surface area contributed by atoms with E-state index in [1.165, 1.54) is 41.3 Å². The maximum atomic E-state index is 12.1. The standard InChI is InChI=1S/C15H9BrClN3O3S2/c16-10-6-9(20(22)23)2-3-11(10)18-14(21)7-24-15-19-12-5-8(17)1-4-13(12)25-15/h1-6H,7H2,(H,18,21).